The van der Waals surface area contributed by atoms with Gasteiger partial charge in [-0.15, -0.1) is 0 Å². The van der Waals surface area contributed by atoms with E-state index in [0.717, 1.165) is 24.3 Å². The lowest BCUT2D eigenvalue weighted by Gasteiger charge is -2.12. The Bertz CT molecular complexity index is 1200. The standard InChI is InChI=1S/C22H15NO8.C2H6/c23-9-11-1-3-12(4-2-11)18(27)10-31-22-16(25)7-13(8-17(22)26)19(28)14-5-6-15(24)21(30)20(14)29;1-2/h1-8,24-26,29-30H,10H2;1-2H3. The van der Waals surface area contributed by atoms with E-state index in [9.17, 15) is 35.1 Å². The molecule has 3 rings (SSSR count). The topological polar surface area (TPSA) is 168 Å². The Balaban J connectivity index is 0.00000187. The van der Waals surface area contributed by atoms with Gasteiger partial charge in [-0.2, -0.15) is 5.26 Å². The fraction of sp³-hybridized carbons (Fsp3) is 0.125. The third kappa shape index (κ3) is 5.32. The van der Waals surface area contributed by atoms with Crippen molar-refractivity contribution in [3.8, 4) is 40.6 Å². The number of ketones is 2. The van der Waals surface area contributed by atoms with Crippen molar-refractivity contribution in [3.05, 3.63) is 70.8 Å². The molecule has 0 aliphatic heterocycles. The Hall–Kier alpha value is -4.71. The van der Waals surface area contributed by atoms with Crippen molar-refractivity contribution in [3.63, 3.8) is 0 Å². The average Bonchev–Trinajstić information content (AvgIpc) is 2.82. The van der Waals surface area contributed by atoms with Gasteiger partial charge in [0.25, 0.3) is 0 Å². The van der Waals surface area contributed by atoms with Crippen molar-refractivity contribution < 1.29 is 39.9 Å². The number of ether oxygens (including phenoxy) is 1. The van der Waals surface area contributed by atoms with Crippen LogP contribution < -0.4 is 4.74 Å². The quantitative estimate of drug-likeness (QED) is 0.278. The summed E-state index contributed by atoms with van der Waals surface area (Å²) >= 11 is 0. The number of hydrogen-bond acceptors (Lipinski definition) is 9. The van der Waals surface area contributed by atoms with Gasteiger partial charge >= 0.3 is 0 Å². The maximum Gasteiger partial charge on any atom is 0.203 e. The van der Waals surface area contributed by atoms with Gasteiger partial charge < -0.3 is 30.3 Å². The fourth-order valence-electron chi connectivity index (χ4n) is 2.74. The Morgan fingerprint density at radius 3 is 1.94 bits per heavy atom. The molecular weight excluding hydrogens is 430 g/mol. The maximum atomic E-state index is 12.6. The molecule has 0 saturated heterocycles. The molecule has 9 heteroatoms. The molecule has 0 saturated carbocycles. The highest BCUT2D eigenvalue weighted by molar-refractivity contribution is 6.11. The van der Waals surface area contributed by atoms with E-state index in [2.05, 4.69) is 0 Å². The van der Waals surface area contributed by atoms with E-state index in [1.165, 1.54) is 24.3 Å². The number of carbonyl (C=O) groups is 2. The predicted octanol–water partition coefficient (Wildman–Crippen LogP) is 3.61. The highest BCUT2D eigenvalue weighted by atomic mass is 16.5. The molecule has 0 aliphatic rings. The minimum atomic E-state index is -0.888. The number of benzene rings is 3. The first-order valence-electron chi connectivity index (χ1n) is 9.73. The monoisotopic (exact) mass is 451 g/mol. The van der Waals surface area contributed by atoms with Crippen molar-refractivity contribution in [1.29, 1.82) is 5.26 Å². The first kappa shape index (κ1) is 24.6. The molecule has 0 bridgehead atoms. The van der Waals surface area contributed by atoms with E-state index >= 15 is 0 Å². The Morgan fingerprint density at radius 1 is 0.818 bits per heavy atom. The molecule has 0 amide bonds. The number of nitriles is 1. The van der Waals surface area contributed by atoms with Gasteiger partial charge in [0.05, 0.1) is 17.2 Å². The summed E-state index contributed by atoms with van der Waals surface area (Å²) < 4.78 is 5.19. The number of rotatable bonds is 6. The van der Waals surface area contributed by atoms with Gasteiger partial charge in [0.15, 0.2) is 41.2 Å². The molecule has 5 N–H and O–H groups in total. The molecule has 0 aromatic heterocycles. The third-order valence-electron chi connectivity index (χ3n) is 4.37. The van der Waals surface area contributed by atoms with Crippen molar-refractivity contribution in [1.82, 2.24) is 0 Å². The first-order valence-corrected chi connectivity index (χ1v) is 9.73. The van der Waals surface area contributed by atoms with Crippen molar-refractivity contribution in [2.75, 3.05) is 6.61 Å². The molecule has 3 aromatic carbocycles. The van der Waals surface area contributed by atoms with Gasteiger partial charge in [-0.25, -0.2) is 0 Å². The lowest BCUT2D eigenvalue weighted by molar-refractivity contribution is 0.0916. The van der Waals surface area contributed by atoms with Crippen LogP contribution in [0.5, 0.6) is 34.5 Å². The summed E-state index contributed by atoms with van der Waals surface area (Å²) in [7, 11) is 0. The lowest BCUT2D eigenvalue weighted by Crippen LogP contribution is -2.12. The summed E-state index contributed by atoms with van der Waals surface area (Å²) in [5, 5.41) is 57.9. The summed E-state index contributed by atoms with van der Waals surface area (Å²) in [4.78, 5) is 24.8. The van der Waals surface area contributed by atoms with Gasteiger partial charge in [-0.05, 0) is 48.5 Å². The smallest absolute Gasteiger partial charge is 0.203 e. The van der Waals surface area contributed by atoms with Gasteiger partial charge in [0, 0.05) is 11.1 Å². The molecule has 0 fully saturated rings. The van der Waals surface area contributed by atoms with Crippen LogP contribution >= 0.6 is 0 Å². The second-order valence-electron chi connectivity index (χ2n) is 6.40. The molecule has 0 radical (unpaired) electrons. The van der Waals surface area contributed by atoms with Gasteiger partial charge in [0.1, 0.15) is 0 Å². The van der Waals surface area contributed by atoms with E-state index in [0.29, 0.717) is 5.56 Å². The molecule has 0 spiro atoms. The van der Waals surface area contributed by atoms with Crippen molar-refractivity contribution >= 4 is 11.6 Å². The minimum absolute atomic E-state index is 0.249. The van der Waals surface area contributed by atoms with Crippen LogP contribution in [0.1, 0.15) is 45.7 Å². The Kier molecular flexibility index (Phi) is 7.85. The van der Waals surface area contributed by atoms with Crippen LogP contribution in [-0.4, -0.2) is 43.7 Å². The zero-order valence-corrected chi connectivity index (χ0v) is 17.7. The number of phenols is 5. The average molecular weight is 451 g/mol. The number of phenolic OH excluding ortho intramolecular Hbond substituents is 5. The molecule has 0 aliphatic carbocycles. The molecule has 0 unspecified atom stereocenters. The van der Waals surface area contributed by atoms with Crippen molar-refractivity contribution in [2.24, 2.45) is 0 Å². The maximum absolute atomic E-state index is 12.6. The molecule has 3 aromatic rings. The molecule has 33 heavy (non-hydrogen) atoms. The number of aromatic hydroxyl groups is 5. The van der Waals surface area contributed by atoms with Gasteiger partial charge in [0.2, 0.25) is 11.5 Å². The molecule has 0 atom stereocenters. The zero-order valence-electron chi connectivity index (χ0n) is 17.7. The van der Waals surface area contributed by atoms with Gasteiger partial charge in [-0.1, -0.05) is 13.8 Å². The summed E-state index contributed by atoms with van der Waals surface area (Å²) in [6, 6.07) is 11.7. The highest BCUT2D eigenvalue weighted by Gasteiger charge is 2.22. The van der Waals surface area contributed by atoms with Crippen LogP contribution in [0.3, 0.4) is 0 Å². The van der Waals surface area contributed by atoms with Crippen LogP contribution in [0.25, 0.3) is 0 Å². The van der Waals surface area contributed by atoms with Crippen LogP contribution in [0.15, 0.2) is 48.5 Å². The number of nitrogens with zero attached hydrogens (tertiary/aromatic N) is 1. The van der Waals surface area contributed by atoms with Crippen molar-refractivity contribution in [2.45, 2.75) is 13.8 Å². The molecule has 0 heterocycles. The van der Waals surface area contributed by atoms with E-state index in [4.69, 9.17) is 10.00 Å². The third-order valence-corrected chi connectivity index (χ3v) is 4.37. The van der Waals surface area contributed by atoms with E-state index in [1.54, 1.807) is 0 Å². The minimum Gasteiger partial charge on any atom is -0.504 e. The summed E-state index contributed by atoms with van der Waals surface area (Å²) in [5.74, 6) is -5.44. The highest BCUT2D eigenvalue weighted by Crippen LogP contribution is 2.41. The molecule has 9 nitrogen and oxygen atoms in total. The first-order chi connectivity index (χ1) is 15.7. The van der Waals surface area contributed by atoms with Crippen LogP contribution in [0, 0.1) is 11.3 Å². The summed E-state index contributed by atoms with van der Waals surface area (Å²) in [6.45, 7) is 3.47. The van der Waals surface area contributed by atoms with Gasteiger partial charge in [-0.3, -0.25) is 9.59 Å². The lowest BCUT2D eigenvalue weighted by atomic mass is 10.0. The Morgan fingerprint density at radius 2 is 1.39 bits per heavy atom. The Labute approximate surface area is 189 Å². The van der Waals surface area contributed by atoms with E-state index in [1.807, 2.05) is 19.9 Å². The fourth-order valence-corrected chi connectivity index (χ4v) is 2.74. The molecule has 170 valence electrons. The van der Waals surface area contributed by atoms with E-state index in [-0.39, 0.29) is 16.7 Å². The second-order valence-corrected chi connectivity index (χ2v) is 6.40. The number of carbonyl (C=O) groups excluding carboxylic acids is 2. The number of Topliss-reactive ketones (excluding diaryl/α,β-unsaturated/α-hetero) is 1. The number of hydrogen-bond donors (Lipinski definition) is 5. The zero-order chi connectivity index (χ0) is 24.7. The van der Waals surface area contributed by atoms with Crippen LogP contribution in [-0.2, 0) is 0 Å². The predicted molar refractivity (Wildman–Crippen MR) is 117 cm³/mol. The summed E-state index contributed by atoms with van der Waals surface area (Å²) in [6.07, 6.45) is 0. The summed E-state index contributed by atoms with van der Waals surface area (Å²) in [5.41, 5.74) is 0.00769. The van der Waals surface area contributed by atoms with Crippen LogP contribution in [0.4, 0.5) is 0 Å². The van der Waals surface area contributed by atoms with E-state index < -0.39 is 52.7 Å². The molecular formula is C24H21NO8. The SMILES string of the molecule is CC.N#Cc1ccc(C(=O)COc2c(O)cc(C(=O)c3ccc(O)c(O)c3O)cc2O)cc1. The second kappa shape index (κ2) is 10.5. The van der Waals surface area contributed by atoms with Crippen LogP contribution in [0.2, 0.25) is 0 Å². The normalized spacial score (nSPS) is 9.85. The largest absolute Gasteiger partial charge is 0.504 e.